The van der Waals surface area contributed by atoms with E-state index in [1.807, 2.05) is 0 Å². The summed E-state index contributed by atoms with van der Waals surface area (Å²) in [7, 11) is 0. The fraction of sp³-hybridized carbons (Fsp3) is 0.421. The molecule has 10 heteroatoms. The van der Waals surface area contributed by atoms with Crippen molar-refractivity contribution >= 4 is 23.7 Å². The van der Waals surface area contributed by atoms with E-state index in [2.05, 4.69) is 5.92 Å². The zero-order valence-electron chi connectivity index (χ0n) is 16.0. The second-order valence-electron chi connectivity index (χ2n) is 7.02. The molecule has 158 valence electrons. The molecule has 0 unspecified atom stereocenters. The van der Waals surface area contributed by atoms with Gasteiger partial charge in [0.25, 0.3) is 0 Å². The van der Waals surface area contributed by atoms with E-state index in [0.717, 1.165) is 4.90 Å². The molecule has 0 aliphatic rings. The van der Waals surface area contributed by atoms with Gasteiger partial charge < -0.3 is 15.2 Å². The lowest BCUT2D eigenvalue weighted by atomic mass is 10.0. The number of carbonyl (C=O) groups is 3. The van der Waals surface area contributed by atoms with Crippen LogP contribution in [0.1, 0.15) is 26.3 Å². The average molecular weight is 414 g/mol. The first kappa shape index (κ1) is 23.8. The summed E-state index contributed by atoms with van der Waals surface area (Å²) < 4.78 is 42.1. The third kappa shape index (κ3) is 7.73. The molecule has 0 aromatic heterocycles. The SMILES string of the molecule is C#CCN(C(=O)OC(C)(C)C)[C@@H](Cc1ccc(NC(=O)C(F)(F)F)cc1)C(=O)O. The molecule has 29 heavy (non-hydrogen) atoms. The number of carboxylic acids is 1. The van der Waals surface area contributed by atoms with Gasteiger partial charge >= 0.3 is 24.1 Å². The summed E-state index contributed by atoms with van der Waals surface area (Å²) in [6.45, 7) is 4.53. The Morgan fingerprint density at radius 2 is 1.76 bits per heavy atom. The minimum Gasteiger partial charge on any atom is -0.480 e. The fourth-order valence-corrected chi connectivity index (χ4v) is 2.20. The van der Waals surface area contributed by atoms with Gasteiger partial charge in [0.1, 0.15) is 11.6 Å². The molecule has 0 fully saturated rings. The monoisotopic (exact) mass is 414 g/mol. The van der Waals surface area contributed by atoms with Crippen molar-refractivity contribution in [2.75, 3.05) is 11.9 Å². The molecule has 0 spiro atoms. The third-order valence-corrected chi connectivity index (χ3v) is 3.45. The number of carboxylic acid groups (broad SMARTS) is 1. The standard InChI is InChI=1S/C19H21F3N2O5/c1-5-10-24(17(28)29-18(2,3)4)14(15(25)26)11-12-6-8-13(9-7-12)23-16(27)19(20,21)22/h1,6-9,14H,10-11H2,2-4H3,(H,23,27)(H,25,26)/t14-/m0/s1. The maximum absolute atomic E-state index is 12.3. The average Bonchev–Trinajstić information content (AvgIpc) is 2.56. The van der Waals surface area contributed by atoms with Crippen molar-refractivity contribution < 1.29 is 37.4 Å². The van der Waals surface area contributed by atoms with E-state index >= 15 is 0 Å². The van der Waals surface area contributed by atoms with Crippen LogP contribution in [0, 0.1) is 12.3 Å². The molecule has 0 saturated heterocycles. The highest BCUT2D eigenvalue weighted by Crippen LogP contribution is 2.20. The van der Waals surface area contributed by atoms with Gasteiger partial charge in [-0.1, -0.05) is 18.1 Å². The molecular formula is C19H21F3N2O5. The molecule has 1 aromatic carbocycles. The number of aliphatic carboxylic acids is 1. The summed E-state index contributed by atoms with van der Waals surface area (Å²) in [4.78, 5) is 35.9. The van der Waals surface area contributed by atoms with E-state index in [9.17, 15) is 32.7 Å². The van der Waals surface area contributed by atoms with Gasteiger partial charge in [-0.25, -0.2) is 9.59 Å². The molecule has 2 amide bonds. The summed E-state index contributed by atoms with van der Waals surface area (Å²) >= 11 is 0. The molecule has 1 rings (SSSR count). The first-order valence-electron chi connectivity index (χ1n) is 8.37. The van der Waals surface area contributed by atoms with Gasteiger partial charge in [0.2, 0.25) is 0 Å². The van der Waals surface area contributed by atoms with Gasteiger partial charge in [-0.15, -0.1) is 6.42 Å². The smallest absolute Gasteiger partial charge is 0.471 e. The fourth-order valence-electron chi connectivity index (χ4n) is 2.20. The Morgan fingerprint density at radius 1 is 1.21 bits per heavy atom. The van der Waals surface area contributed by atoms with Crippen LogP contribution in [0.3, 0.4) is 0 Å². The maximum Gasteiger partial charge on any atom is 0.471 e. The number of hydrogen-bond donors (Lipinski definition) is 2. The number of carbonyl (C=O) groups excluding carboxylic acids is 2. The Bertz CT molecular complexity index is 792. The van der Waals surface area contributed by atoms with Crippen LogP contribution in [0.2, 0.25) is 0 Å². The quantitative estimate of drug-likeness (QED) is 0.698. The van der Waals surface area contributed by atoms with E-state index < -0.39 is 35.8 Å². The highest BCUT2D eigenvalue weighted by atomic mass is 19.4. The number of amides is 2. The number of benzene rings is 1. The number of hydrogen-bond acceptors (Lipinski definition) is 4. The van der Waals surface area contributed by atoms with Crippen molar-refractivity contribution in [3.8, 4) is 12.3 Å². The van der Waals surface area contributed by atoms with Gasteiger partial charge in [-0.3, -0.25) is 9.69 Å². The Labute approximate surface area is 165 Å². The van der Waals surface area contributed by atoms with Gasteiger partial charge in [-0.05, 0) is 38.5 Å². The molecule has 7 nitrogen and oxygen atoms in total. The number of nitrogens with zero attached hydrogens (tertiary/aromatic N) is 1. The third-order valence-electron chi connectivity index (χ3n) is 3.45. The Kier molecular flexibility index (Phi) is 7.65. The normalized spacial score (nSPS) is 12.4. The Balaban J connectivity index is 3.00. The maximum atomic E-state index is 12.3. The minimum atomic E-state index is -5.03. The second kappa shape index (κ2) is 9.32. The molecule has 0 radical (unpaired) electrons. The molecule has 0 bridgehead atoms. The first-order valence-corrected chi connectivity index (χ1v) is 8.37. The molecule has 1 atom stereocenters. The number of alkyl halides is 3. The van der Waals surface area contributed by atoms with Crippen molar-refractivity contribution in [2.45, 2.75) is 45.0 Å². The lowest BCUT2D eigenvalue weighted by Gasteiger charge is -2.30. The lowest BCUT2D eigenvalue weighted by Crippen LogP contribution is -2.48. The first-order chi connectivity index (χ1) is 13.2. The minimum absolute atomic E-state index is 0.115. The van der Waals surface area contributed by atoms with Crippen LogP contribution in [0.15, 0.2) is 24.3 Å². The van der Waals surface area contributed by atoms with E-state index in [1.54, 1.807) is 26.1 Å². The number of rotatable bonds is 6. The number of ether oxygens (including phenoxy) is 1. The van der Waals surface area contributed by atoms with Crippen molar-refractivity contribution in [2.24, 2.45) is 0 Å². The van der Waals surface area contributed by atoms with Crippen LogP contribution in [-0.2, 0) is 20.7 Å². The van der Waals surface area contributed by atoms with Crippen LogP contribution in [-0.4, -0.2) is 52.3 Å². The zero-order chi connectivity index (χ0) is 22.4. The molecule has 0 saturated carbocycles. The van der Waals surface area contributed by atoms with Crippen LogP contribution < -0.4 is 5.32 Å². The largest absolute Gasteiger partial charge is 0.480 e. The Hall–Kier alpha value is -3.22. The van der Waals surface area contributed by atoms with E-state index in [4.69, 9.17) is 11.2 Å². The summed E-state index contributed by atoms with van der Waals surface area (Å²) in [6.07, 6.45) is -0.875. The van der Waals surface area contributed by atoms with Crippen molar-refractivity contribution in [1.29, 1.82) is 0 Å². The predicted molar refractivity (Wildman–Crippen MR) is 98.0 cm³/mol. The van der Waals surface area contributed by atoms with Gasteiger partial charge in [0.15, 0.2) is 0 Å². The van der Waals surface area contributed by atoms with Crippen LogP contribution in [0.5, 0.6) is 0 Å². The lowest BCUT2D eigenvalue weighted by molar-refractivity contribution is -0.167. The van der Waals surface area contributed by atoms with E-state index in [1.165, 1.54) is 24.3 Å². The number of halogens is 3. The molecule has 1 aromatic rings. The van der Waals surface area contributed by atoms with Gasteiger partial charge in [0, 0.05) is 12.1 Å². The summed E-state index contributed by atoms with van der Waals surface area (Å²) in [6, 6.07) is 3.70. The molecule has 0 aliphatic heterocycles. The van der Waals surface area contributed by atoms with Crippen LogP contribution in [0.4, 0.5) is 23.7 Å². The topological polar surface area (TPSA) is 95.9 Å². The molecular weight excluding hydrogens is 393 g/mol. The molecule has 0 heterocycles. The Morgan fingerprint density at radius 3 is 2.17 bits per heavy atom. The van der Waals surface area contributed by atoms with E-state index in [0.29, 0.717) is 5.56 Å². The highest BCUT2D eigenvalue weighted by Gasteiger charge is 2.38. The summed E-state index contributed by atoms with van der Waals surface area (Å²) in [5, 5.41) is 11.2. The zero-order valence-corrected chi connectivity index (χ0v) is 16.0. The van der Waals surface area contributed by atoms with Crippen molar-refractivity contribution in [1.82, 2.24) is 4.90 Å². The van der Waals surface area contributed by atoms with Gasteiger partial charge in [0.05, 0.1) is 6.54 Å². The highest BCUT2D eigenvalue weighted by molar-refractivity contribution is 5.94. The predicted octanol–water partition coefficient (Wildman–Crippen LogP) is 3.05. The number of anilines is 1. The summed E-state index contributed by atoms with van der Waals surface area (Å²) in [5.41, 5.74) is -0.589. The second-order valence-corrected chi connectivity index (χ2v) is 7.02. The van der Waals surface area contributed by atoms with E-state index in [-0.39, 0.29) is 18.7 Å². The van der Waals surface area contributed by atoms with Crippen LogP contribution in [0.25, 0.3) is 0 Å². The summed E-state index contributed by atoms with van der Waals surface area (Å²) in [5.74, 6) is -1.25. The van der Waals surface area contributed by atoms with Crippen LogP contribution >= 0.6 is 0 Å². The number of nitrogens with one attached hydrogen (secondary N) is 1. The molecule has 2 N–H and O–H groups in total. The van der Waals surface area contributed by atoms with Crippen molar-refractivity contribution in [3.05, 3.63) is 29.8 Å². The number of terminal acetylenes is 1. The van der Waals surface area contributed by atoms with Crippen molar-refractivity contribution in [3.63, 3.8) is 0 Å². The molecule has 0 aliphatic carbocycles. The van der Waals surface area contributed by atoms with Gasteiger partial charge in [-0.2, -0.15) is 13.2 Å².